The number of ether oxygens (including phenoxy) is 1. The van der Waals surface area contributed by atoms with Gasteiger partial charge in [-0.3, -0.25) is 14.5 Å². The molecule has 2 aliphatic heterocycles. The number of rotatable bonds is 5. The molecule has 0 aliphatic carbocycles. The molecule has 7 heteroatoms. The number of nitrogens with zero attached hydrogens (tertiary/aromatic N) is 2. The first-order valence-electron chi connectivity index (χ1n) is 8.80. The summed E-state index contributed by atoms with van der Waals surface area (Å²) in [5, 5.41) is 2.70. The van der Waals surface area contributed by atoms with Gasteiger partial charge in [-0.1, -0.05) is 6.07 Å². The number of anilines is 1. The van der Waals surface area contributed by atoms with Crippen LogP contribution in [0.1, 0.15) is 19.3 Å². The molecule has 0 saturated carbocycles. The maximum Gasteiger partial charge on any atom is 0.251 e. The molecule has 0 aromatic heterocycles. The summed E-state index contributed by atoms with van der Waals surface area (Å²) >= 11 is 0. The summed E-state index contributed by atoms with van der Waals surface area (Å²) in [6.45, 7) is 4.16. The average Bonchev–Trinajstić information content (AvgIpc) is 3.14. The van der Waals surface area contributed by atoms with Crippen LogP contribution >= 0.6 is 0 Å². The number of carbonyl (C=O) groups excluding carboxylic acids is 2. The van der Waals surface area contributed by atoms with E-state index >= 15 is 0 Å². The molecule has 136 valence electrons. The van der Waals surface area contributed by atoms with Crippen LogP contribution in [0.3, 0.4) is 0 Å². The van der Waals surface area contributed by atoms with E-state index in [2.05, 4.69) is 10.2 Å². The van der Waals surface area contributed by atoms with Crippen LogP contribution < -0.4 is 5.32 Å². The summed E-state index contributed by atoms with van der Waals surface area (Å²) < 4.78 is 18.6. The molecule has 2 saturated heterocycles. The highest BCUT2D eigenvalue weighted by Crippen LogP contribution is 2.16. The number of piperazine rings is 1. The van der Waals surface area contributed by atoms with Crippen molar-refractivity contribution in [1.82, 2.24) is 9.80 Å². The lowest BCUT2D eigenvalue weighted by Crippen LogP contribution is -2.51. The van der Waals surface area contributed by atoms with Crippen LogP contribution in [-0.2, 0) is 14.3 Å². The number of carbonyl (C=O) groups is 2. The highest BCUT2D eigenvalue weighted by atomic mass is 19.1. The summed E-state index contributed by atoms with van der Waals surface area (Å²) in [6.07, 6.45) is 1.86. The van der Waals surface area contributed by atoms with E-state index in [4.69, 9.17) is 4.74 Å². The van der Waals surface area contributed by atoms with E-state index in [9.17, 15) is 14.0 Å². The second-order valence-electron chi connectivity index (χ2n) is 6.48. The average molecular weight is 349 g/mol. The Hall–Kier alpha value is -1.99. The van der Waals surface area contributed by atoms with Gasteiger partial charge < -0.3 is 15.0 Å². The zero-order valence-corrected chi connectivity index (χ0v) is 14.2. The minimum atomic E-state index is -0.371. The van der Waals surface area contributed by atoms with Gasteiger partial charge in [0.2, 0.25) is 5.91 Å². The molecule has 0 radical (unpaired) electrons. The first kappa shape index (κ1) is 17.8. The van der Waals surface area contributed by atoms with Crippen LogP contribution in [0.4, 0.5) is 10.1 Å². The Balaban J connectivity index is 1.37. The maximum atomic E-state index is 13.1. The molecular weight excluding hydrogens is 325 g/mol. The molecule has 3 rings (SSSR count). The summed E-state index contributed by atoms with van der Waals surface area (Å²) in [4.78, 5) is 28.3. The van der Waals surface area contributed by atoms with Crippen molar-refractivity contribution in [2.45, 2.75) is 25.4 Å². The van der Waals surface area contributed by atoms with Crippen molar-refractivity contribution in [3.05, 3.63) is 30.1 Å². The van der Waals surface area contributed by atoms with Gasteiger partial charge in [-0.2, -0.15) is 0 Å². The Bertz CT molecular complexity index is 611. The first-order valence-corrected chi connectivity index (χ1v) is 8.80. The Morgan fingerprint density at radius 1 is 1.24 bits per heavy atom. The van der Waals surface area contributed by atoms with Crippen molar-refractivity contribution in [2.75, 3.05) is 44.6 Å². The molecule has 1 unspecified atom stereocenters. The Morgan fingerprint density at radius 2 is 2.04 bits per heavy atom. The van der Waals surface area contributed by atoms with Gasteiger partial charge in [-0.25, -0.2) is 4.39 Å². The molecule has 0 bridgehead atoms. The Labute approximate surface area is 146 Å². The van der Waals surface area contributed by atoms with E-state index < -0.39 is 0 Å². The maximum absolute atomic E-state index is 13.1. The van der Waals surface area contributed by atoms with E-state index in [1.807, 2.05) is 4.90 Å². The van der Waals surface area contributed by atoms with Gasteiger partial charge in [0.05, 0.1) is 0 Å². The molecule has 2 fully saturated rings. The van der Waals surface area contributed by atoms with Crippen LogP contribution in [0.2, 0.25) is 0 Å². The van der Waals surface area contributed by atoms with Gasteiger partial charge in [0.25, 0.3) is 5.91 Å². The molecule has 2 heterocycles. The predicted octanol–water partition coefficient (Wildman–Crippen LogP) is 1.48. The van der Waals surface area contributed by atoms with Crippen molar-refractivity contribution in [1.29, 1.82) is 0 Å². The normalized spacial score (nSPS) is 21.3. The zero-order chi connectivity index (χ0) is 17.6. The largest absolute Gasteiger partial charge is 0.368 e. The van der Waals surface area contributed by atoms with E-state index in [0.29, 0.717) is 38.3 Å². The predicted molar refractivity (Wildman–Crippen MR) is 91.6 cm³/mol. The SMILES string of the molecule is O=C(CCN1CCN(C(=O)C2CCCO2)CC1)Nc1cccc(F)c1. The molecular formula is C18H24FN3O3. The lowest BCUT2D eigenvalue weighted by Gasteiger charge is -2.35. The van der Waals surface area contributed by atoms with Crippen LogP contribution in [0.5, 0.6) is 0 Å². The van der Waals surface area contributed by atoms with E-state index in [1.165, 1.54) is 12.1 Å². The number of benzene rings is 1. The van der Waals surface area contributed by atoms with Crippen molar-refractivity contribution >= 4 is 17.5 Å². The molecule has 0 spiro atoms. The van der Waals surface area contributed by atoms with E-state index in [0.717, 1.165) is 25.9 Å². The number of hydrogen-bond acceptors (Lipinski definition) is 4. The van der Waals surface area contributed by atoms with Crippen molar-refractivity contribution in [3.63, 3.8) is 0 Å². The molecule has 2 amide bonds. The quantitative estimate of drug-likeness (QED) is 0.875. The molecule has 1 aromatic carbocycles. The minimum absolute atomic E-state index is 0.0981. The minimum Gasteiger partial charge on any atom is -0.368 e. The highest BCUT2D eigenvalue weighted by molar-refractivity contribution is 5.90. The van der Waals surface area contributed by atoms with Gasteiger partial charge in [0.1, 0.15) is 11.9 Å². The summed E-state index contributed by atoms with van der Waals surface area (Å²) in [5.41, 5.74) is 0.469. The smallest absolute Gasteiger partial charge is 0.251 e. The van der Waals surface area contributed by atoms with Crippen molar-refractivity contribution in [3.8, 4) is 0 Å². The van der Waals surface area contributed by atoms with Gasteiger partial charge in [0, 0.05) is 51.4 Å². The van der Waals surface area contributed by atoms with Crippen LogP contribution in [-0.4, -0.2) is 67.0 Å². The molecule has 2 aliphatic rings. The number of amides is 2. The second kappa shape index (κ2) is 8.40. The van der Waals surface area contributed by atoms with Crippen molar-refractivity contribution in [2.24, 2.45) is 0 Å². The standard InChI is InChI=1S/C18H24FN3O3/c19-14-3-1-4-15(13-14)20-17(23)6-7-21-8-10-22(11-9-21)18(24)16-5-2-12-25-16/h1,3-4,13,16H,2,5-12H2,(H,20,23). The second-order valence-corrected chi connectivity index (χ2v) is 6.48. The third-order valence-corrected chi connectivity index (χ3v) is 4.65. The number of halogens is 1. The molecule has 25 heavy (non-hydrogen) atoms. The van der Waals surface area contributed by atoms with Crippen LogP contribution in [0.25, 0.3) is 0 Å². The van der Waals surface area contributed by atoms with Gasteiger partial charge in [-0.15, -0.1) is 0 Å². The third-order valence-electron chi connectivity index (χ3n) is 4.65. The molecule has 1 aromatic rings. The summed E-state index contributed by atoms with van der Waals surface area (Å²) in [5.74, 6) is -0.408. The Morgan fingerprint density at radius 3 is 2.72 bits per heavy atom. The fraction of sp³-hybridized carbons (Fsp3) is 0.556. The lowest BCUT2D eigenvalue weighted by atomic mass is 10.2. The zero-order valence-electron chi connectivity index (χ0n) is 14.2. The van der Waals surface area contributed by atoms with Crippen molar-refractivity contribution < 1.29 is 18.7 Å². The van der Waals surface area contributed by atoms with Gasteiger partial charge in [0.15, 0.2) is 0 Å². The number of hydrogen-bond donors (Lipinski definition) is 1. The Kier molecular flexibility index (Phi) is 5.99. The third kappa shape index (κ3) is 4.99. The monoisotopic (exact) mass is 349 g/mol. The van der Waals surface area contributed by atoms with Crippen LogP contribution in [0.15, 0.2) is 24.3 Å². The molecule has 1 atom stereocenters. The van der Waals surface area contributed by atoms with Gasteiger partial charge >= 0.3 is 0 Å². The van der Waals surface area contributed by atoms with E-state index in [-0.39, 0.29) is 23.7 Å². The van der Waals surface area contributed by atoms with Crippen LogP contribution in [0, 0.1) is 5.82 Å². The highest BCUT2D eigenvalue weighted by Gasteiger charge is 2.30. The summed E-state index contributed by atoms with van der Waals surface area (Å²) in [7, 11) is 0. The number of nitrogens with one attached hydrogen (secondary N) is 1. The summed E-state index contributed by atoms with van der Waals surface area (Å²) in [6, 6.07) is 5.87. The fourth-order valence-corrected chi connectivity index (χ4v) is 3.22. The van der Waals surface area contributed by atoms with E-state index in [1.54, 1.807) is 12.1 Å². The molecule has 6 nitrogen and oxygen atoms in total. The molecule has 1 N–H and O–H groups in total. The lowest BCUT2D eigenvalue weighted by molar-refractivity contribution is -0.142. The fourth-order valence-electron chi connectivity index (χ4n) is 3.22. The first-order chi connectivity index (χ1) is 12.1. The topological polar surface area (TPSA) is 61.9 Å². The van der Waals surface area contributed by atoms with Gasteiger partial charge in [-0.05, 0) is 31.0 Å².